The van der Waals surface area contributed by atoms with Gasteiger partial charge in [0.2, 0.25) is 0 Å². The molecule has 1 aromatic carbocycles. The van der Waals surface area contributed by atoms with Gasteiger partial charge in [-0.25, -0.2) is 4.39 Å². The fourth-order valence-electron chi connectivity index (χ4n) is 2.47. The molecule has 1 rings (SSSR count). The number of benzene rings is 1. The van der Waals surface area contributed by atoms with Crippen LogP contribution in [-0.2, 0) is 6.42 Å². The van der Waals surface area contributed by atoms with Crippen LogP contribution in [0.1, 0.15) is 39.2 Å². The molecule has 0 aliphatic rings. The van der Waals surface area contributed by atoms with Gasteiger partial charge in [-0.2, -0.15) is 0 Å². The third-order valence-corrected chi connectivity index (χ3v) is 4.62. The van der Waals surface area contributed by atoms with Crippen molar-refractivity contribution in [2.24, 2.45) is 0 Å². The van der Waals surface area contributed by atoms with Gasteiger partial charge in [0.15, 0.2) is 0 Å². The van der Waals surface area contributed by atoms with Crippen LogP contribution in [0.5, 0.6) is 0 Å². The average molecular weight is 359 g/mol. The molecule has 0 heterocycles. The summed E-state index contributed by atoms with van der Waals surface area (Å²) in [7, 11) is 0. The first-order valence-corrected chi connectivity index (χ1v) is 8.79. The molecule has 1 aromatic rings. The molecule has 0 amide bonds. The molecule has 21 heavy (non-hydrogen) atoms. The Labute approximate surface area is 137 Å². The fourth-order valence-corrected chi connectivity index (χ4v) is 2.88. The highest BCUT2D eigenvalue weighted by Crippen LogP contribution is 2.20. The van der Waals surface area contributed by atoms with Crippen LogP contribution >= 0.6 is 15.9 Å². The van der Waals surface area contributed by atoms with Gasteiger partial charge in [0.25, 0.3) is 0 Å². The Morgan fingerprint density at radius 2 is 1.95 bits per heavy atom. The molecule has 0 radical (unpaired) electrons. The van der Waals surface area contributed by atoms with Crippen molar-refractivity contribution >= 4 is 15.9 Å². The number of nitrogens with zero attached hydrogens (tertiary/aromatic N) is 1. The molecule has 1 unspecified atom stereocenters. The molecule has 0 bridgehead atoms. The summed E-state index contributed by atoms with van der Waals surface area (Å²) in [5.41, 5.74) is 1.04. The second-order valence-corrected chi connectivity index (χ2v) is 6.26. The smallest absolute Gasteiger partial charge is 0.123 e. The van der Waals surface area contributed by atoms with Crippen LogP contribution in [0.3, 0.4) is 0 Å². The molecule has 0 spiro atoms. The quantitative estimate of drug-likeness (QED) is 0.673. The van der Waals surface area contributed by atoms with Crippen molar-refractivity contribution in [3.8, 4) is 0 Å². The van der Waals surface area contributed by atoms with E-state index in [-0.39, 0.29) is 5.82 Å². The molecule has 1 atom stereocenters. The normalized spacial score (nSPS) is 12.9. The molecule has 0 saturated carbocycles. The zero-order valence-electron chi connectivity index (χ0n) is 13.5. The Hall–Kier alpha value is -0.450. The van der Waals surface area contributed by atoms with Crippen molar-refractivity contribution in [2.45, 2.75) is 46.1 Å². The summed E-state index contributed by atoms with van der Waals surface area (Å²) in [4.78, 5) is 2.43. The van der Waals surface area contributed by atoms with E-state index in [1.807, 2.05) is 0 Å². The number of hydrogen-bond donors (Lipinski definition) is 1. The van der Waals surface area contributed by atoms with E-state index < -0.39 is 0 Å². The molecule has 1 N–H and O–H groups in total. The van der Waals surface area contributed by atoms with Gasteiger partial charge >= 0.3 is 0 Å². The third kappa shape index (κ3) is 6.90. The minimum absolute atomic E-state index is 0.161. The van der Waals surface area contributed by atoms with Gasteiger partial charge < -0.3 is 10.2 Å². The SMILES string of the molecule is CCCNC(CCN(CC)CC)Cc1cc(F)ccc1Br. The summed E-state index contributed by atoms with van der Waals surface area (Å²) < 4.78 is 14.4. The van der Waals surface area contributed by atoms with Crippen LogP contribution in [0.4, 0.5) is 4.39 Å². The number of halogens is 2. The van der Waals surface area contributed by atoms with Gasteiger partial charge in [-0.3, -0.25) is 0 Å². The number of nitrogens with one attached hydrogen (secondary N) is 1. The van der Waals surface area contributed by atoms with Gasteiger partial charge in [0.1, 0.15) is 5.82 Å². The lowest BCUT2D eigenvalue weighted by atomic mass is 10.0. The predicted octanol–water partition coefficient (Wildman–Crippen LogP) is 4.23. The maximum Gasteiger partial charge on any atom is 0.123 e. The Morgan fingerprint density at radius 1 is 1.24 bits per heavy atom. The predicted molar refractivity (Wildman–Crippen MR) is 92.3 cm³/mol. The van der Waals surface area contributed by atoms with Gasteiger partial charge in [-0.05, 0) is 69.2 Å². The summed E-state index contributed by atoms with van der Waals surface area (Å²) in [5.74, 6) is -0.161. The maximum atomic E-state index is 13.4. The Balaban J connectivity index is 2.66. The van der Waals surface area contributed by atoms with Crippen LogP contribution < -0.4 is 5.32 Å². The first-order valence-electron chi connectivity index (χ1n) is 8.00. The van der Waals surface area contributed by atoms with Gasteiger partial charge in [-0.15, -0.1) is 0 Å². The van der Waals surface area contributed by atoms with Crippen molar-refractivity contribution in [1.82, 2.24) is 10.2 Å². The van der Waals surface area contributed by atoms with Crippen molar-refractivity contribution in [3.05, 3.63) is 34.1 Å². The van der Waals surface area contributed by atoms with Gasteiger partial charge in [-0.1, -0.05) is 36.7 Å². The second-order valence-electron chi connectivity index (χ2n) is 5.41. The first-order chi connectivity index (χ1) is 10.1. The molecule has 0 fully saturated rings. The molecule has 0 saturated heterocycles. The Bertz CT molecular complexity index is 408. The standard InChI is InChI=1S/C17H28BrFN2/c1-4-10-20-16(9-11-21(5-2)6-3)13-14-12-15(19)7-8-17(14)18/h7-8,12,16,20H,4-6,9-11,13H2,1-3H3. The molecule has 120 valence electrons. The van der Waals surface area contributed by atoms with Crippen molar-refractivity contribution in [2.75, 3.05) is 26.2 Å². The number of hydrogen-bond acceptors (Lipinski definition) is 2. The lowest BCUT2D eigenvalue weighted by Gasteiger charge is -2.24. The van der Waals surface area contributed by atoms with Crippen molar-refractivity contribution in [1.29, 1.82) is 0 Å². The summed E-state index contributed by atoms with van der Waals surface area (Å²) in [6, 6.07) is 5.33. The van der Waals surface area contributed by atoms with E-state index in [1.165, 1.54) is 6.07 Å². The summed E-state index contributed by atoms with van der Waals surface area (Å²) in [6.07, 6.45) is 3.07. The van der Waals surface area contributed by atoms with E-state index in [0.29, 0.717) is 6.04 Å². The maximum absolute atomic E-state index is 13.4. The first kappa shape index (κ1) is 18.6. The largest absolute Gasteiger partial charge is 0.314 e. The van der Waals surface area contributed by atoms with Crippen molar-refractivity contribution < 1.29 is 4.39 Å². The minimum Gasteiger partial charge on any atom is -0.314 e. The molecule has 0 aromatic heterocycles. The summed E-state index contributed by atoms with van der Waals surface area (Å²) in [6.45, 7) is 10.8. The third-order valence-electron chi connectivity index (χ3n) is 3.85. The van der Waals surface area contributed by atoms with Crippen LogP contribution in [-0.4, -0.2) is 37.1 Å². The monoisotopic (exact) mass is 358 g/mol. The van der Waals surface area contributed by atoms with E-state index in [4.69, 9.17) is 0 Å². The van der Waals surface area contributed by atoms with E-state index in [2.05, 4.69) is 46.9 Å². The lowest BCUT2D eigenvalue weighted by molar-refractivity contribution is 0.280. The van der Waals surface area contributed by atoms with Gasteiger partial charge in [0, 0.05) is 10.5 Å². The molecule has 4 heteroatoms. The Kier molecular flexibility index (Phi) is 9.13. The van der Waals surface area contributed by atoms with Crippen LogP contribution in [0, 0.1) is 5.82 Å². The lowest BCUT2D eigenvalue weighted by Crippen LogP contribution is -2.36. The molecular formula is C17H28BrFN2. The van der Waals surface area contributed by atoms with Gasteiger partial charge in [0.05, 0.1) is 0 Å². The van der Waals surface area contributed by atoms with E-state index in [1.54, 1.807) is 12.1 Å². The average Bonchev–Trinajstić information content (AvgIpc) is 2.49. The highest BCUT2D eigenvalue weighted by Gasteiger charge is 2.13. The van der Waals surface area contributed by atoms with Crippen LogP contribution in [0.25, 0.3) is 0 Å². The zero-order valence-corrected chi connectivity index (χ0v) is 15.0. The summed E-state index contributed by atoms with van der Waals surface area (Å²) in [5, 5.41) is 3.60. The van der Waals surface area contributed by atoms with Crippen LogP contribution in [0.15, 0.2) is 22.7 Å². The number of rotatable bonds is 10. The molecule has 0 aliphatic carbocycles. The molecular weight excluding hydrogens is 331 g/mol. The summed E-state index contributed by atoms with van der Waals surface area (Å²) >= 11 is 3.53. The van der Waals surface area contributed by atoms with Crippen LogP contribution in [0.2, 0.25) is 0 Å². The van der Waals surface area contributed by atoms with E-state index in [9.17, 15) is 4.39 Å². The molecule has 2 nitrogen and oxygen atoms in total. The minimum atomic E-state index is -0.161. The van der Waals surface area contributed by atoms with E-state index in [0.717, 1.165) is 55.5 Å². The van der Waals surface area contributed by atoms with E-state index >= 15 is 0 Å². The van der Waals surface area contributed by atoms with Crippen molar-refractivity contribution in [3.63, 3.8) is 0 Å². The second kappa shape index (κ2) is 10.3. The topological polar surface area (TPSA) is 15.3 Å². The Morgan fingerprint density at radius 3 is 2.57 bits per heavy atom. The highest BCUT2D eigenvalue weighted by atomic mass is 79.9. The highest BCUT2D eigenvalue weighted by molar-refractivity contribution is 9.10. The molecule has 0 aliphatic heterocycles. The zero-order chi connectivity index (χ0) is 15.7. The fraction of sp³-hybridized carbons (Fsp3) is 0.647.